The van der Waals surface area contributed by atoms with Gasteiger partial charge >= 0.3 is 6.18 Å². The van der Waals surface area contributed by atoms with E-state index < -0.39 is 30.5 Å². The zero-order chi connectivity index (χ0) is 35.9. The van der Waals surface area contributed by atoms with Gasteiger partial charge in [0.15, 0.2) is 11.6 Å². The van der Waals surface area contributed by atoms with E-state index in [2.05, 4.69) is 51.0 Å². The van der Waals surface area contributed by atoms with Gasteiger partial charge in [-0.15, -0.1) is 0 Å². The standard InChI is InChI=1S/C38H40F4N6O3/c1-24(2)48(22-38(40,41)42)36(49)29-15-27(39)9-10-31(29)51-33-18-43-23-45-35(33)47-20-37(21-47)16-28(17-37)50-32-11-13-44-30-12-14-46(25(3)34(30)32)19-26-7-5-4-6-8-26/h4-11,13,15,18,23-25,28H,12,14,16-17,19-22H2,1-3H3. The van der Waals surface area contributed by atoms with E-state index in [1.54, 1.807) is 0 Å². The van der Waals surface area contributed by atoms with Crippen LogP contribution in [-0.4, -0.2) is 75.2 Å². The Balaban J connectivity index is 1.01. The number of pyridine rings is 1. The highest BCUT2D eigenvalue weighted by Gasteiger charge is 2.54. The first kappa shape index (κ1) is 34.7. The molecule has 1 aliphatic carbocycles. The van der Waals surface area contributed by atoms with Gasteiger partial charge in [-0.1, -0.05) is 30.3 Å². The predicted octanol–water partition coefficient (Wildman–Crippen LogP) is 7.38. The SMILES string of the molecule is CC1c2c(OC3CC4(C3)CN(c3ncncc3Oc3ccc(F)cc3C(=O)N(CC(F)(F)F)C(C)C)C4)ccnc2CCN1Cc1ccccc1. The Hall–Kier alpha value is -4.78. The molecule has 3 aliphatic rings. The first-order valence-electron chi connectivity index (χ1n) is 17.2. The summed E-state index contributed by atoms with van der Waals surface area (Å²) in [7, 11) is 0. The minimum atomic E-state index is -4.63. The van der Waals surface area contributed by atoms with Gasteiger partial charge in [-0.3, -0.25) is 14.7 Å². The quantitative estimate of drug-likeness (QED) is 0.158. The monoisotopic (exact) mass is 704 g/mol. The minimum Gasteiger partial charge on any atom is -0.490 e. The first-order chi connectivity index (χ1) is 24.4. The van der Waals surface area contributed by atoms with Crippen molar-refractivity contribution in [2.75, 3.05) is 31.1 Å². The summed E-state index contributed by atoms with van der Waals surface area (Å²) >= 11 is 0. The number of fused-ring (bicyclic) bond motifs is 1. The summed E-state index contributed by atoms with van der Waals surface area (Å²) in [5.74, 6) is -0.270. The van der Waals surface area contributed by atoms with Gasteiger partial charge in [0.05, 0.1) is 17.5 Å². The summed E-state index contributed by atoms with van der Waals surface area (Å²) < 4.78 is 67.0. The number of benzene rings is 2. The molecule has 51 heavy (non-hydrogen) atoms. The van der Waals surface area contributed by atoms with Gasteiger partial charge in [-0.2, -0.15) is 13.2 Å². The number of halogens is 4. The van der Waals surface area contributed by atoms with Crippen molar-refractivity contribution in [2.45, 2.75) is 70.9 Å². The summed E-state index contributed by atoms with van der Waals surface area (Å²) in [6, 6.07) is 15.0. The molecule has 2 aliphatic heterocycles. The molecule has 1 spiro atoms. The van der Waals surface area contributed by atoms with Crippen LogP contribution < -0.4 is 14.4 Å². The van der Waals surface area contributed by atoms with Crippen LogP contribution in [0, 0.1) is 11.2 Å². The Labute approximate surface area is 294 Å². The van der Waals surface area contributed by atoms with Crippen molar-refractivity contribution in [1.29, 1.82) is 0 Å². The second-order valence-corrected chi connectivity index (χ2v) is 14.2. The van der Waals surface area contributed by atoms with Crippen molar-refractivity contribution in [2.24, 2.45) is 5.41 Å². The third-order valence-corrected chi connectivity index (χ3v) is 10.1. The van der Waals surface area contributed by atoms with E-state index in [0.717, 1.165) is 61.5 Å². The molecule has 0 bridgehead atoms. The van der Waals surface area contributed by atoms with E-state index >= 15 is 0 Å². The number of amides is 1. The molecule has 268 valence electrons. The van der Waals surface area contributed by atoms with Crippen molar-refractivity contribution in [3.63, 3.8) is 0 Å². The number of ether oxygens (including phenoxy) is 2. The smallest absolute Gasteiger partial charge is 0.406 e. The van der Waals surface area contributed by atoms with Crippen molar-refractivity contribution in [1.82, 2.24) is 24.8 Å². The molecular weight excluding hydrogens is 664 g/mol. The lowest BCUT2D eigenvalue weighted by Crippen LogP contribution is -2.65. The fourth-order valence-electron chi connectivity index (χ4n) is 7.58. The molecule has 0 N–H and O–H groups in total. The van der Waals surface area contributed by atoms with Crippen LogP contribution in [0.2, 0.25) is 0 Å². The molecule has 0 radical (unpaired) electrons. The van der Waals surface area contributed by atoms with Gasteiger partial charge in [0.25, 0.3) is 5.91 Å². The van der Waals surface area contributed by atoms with Crippen LogP contribution in [-0.2, 0) is 13.0 Å². The van der Waals surface area contributed by atoms with Crippen LogP contribution in [0.15, 0.2) is 73.3 Å². The number of carbonyl (C=O) groups is 1. The summed E-state index contributed by atoms with van der Waals surface area (Å²) in [5, 5.41) is 0. The highest BCUT2D eigenvalue weighted by Crippen LogP contribution is 2.52. The van der Waals surface area contributed by atoms with Crippen LogP contribution in [0.25, 0.3) is 0 Å². The number of aromatic nitrogens is 3. The van der Waals surface area contributed by atoms with Crippen LogP contribution in [0.3, 0.4) is 0 Å². The molecule has 1 saturated carbocycles. The molecule has 1 amide bonds. The lowest BCUT2D eigenvalue weighted by molar-refractivity contribution is -0.143. The van der Waals surface area contributed by atoms with Crippen molar-refractivity contribution in [3.05, 3.63) is 102 Å². The van der Waals surface area contributed by atoms with Gasteiger partial charge in [0.1, 0.15) is 36.3 Å². The zero-order valence-corrected chi connectivity index (χ0v) is 28.7. The number of carbonyl (C=O) groups excluding carboxylic acids is 1. The first-order valence-corrected chi connectivity index (χ1v) is 17.2. The van der Waals surface area contributed by atoms with Crippen LogP contribution in [0.1, 0.15) is 66.8 Å². The third kappa shape index (κ3) is 7.35. The number of nitrogens with zero attached hydrogens (tertiary/aromatic N) is 6. The third-order valence-electron chi connectivity index (χ3n) is 10.1. The molecule has 1 unspecified atom stereocenters. The summed E-state index contributed by atoms with van der Waals surface area (Å²) in [5.41, 5.74) is 3.24. The fraction of sp³-hybridized carbons (Fsp3) is 0.421. The molecule has 4 heterocycles. The number of anilines is 1. The Morgan fingerprint density at radius 1 is 1.04 bits per heavy atom. The average Bonchev–Trinajstić information content (AvgIpc) is 3.06. The number of rotatable bonds is 10. The molecule has 1 saturated heterocycles. The lowest BCUT2D eigenvalue weighted by Gasteiger charge is -2.59. The molecule has 2 aromatic carbocycles. The molecule has 2 aromatic heterocycles. The van der Waals surface area contributed by atoms with E-state index in [1.807, 2.05) is 23.2 Å². The maximum Gasteiger partial charge on any atom is 0.406 e. The Bertz CT molecular complexity index is 1880. The van der Waals surface area contributed by atoms with Gasteiger partial charge in [-0.25, -0.2) is 14.4 Å². The Kier molecular flexibility index (Phi) is 9.34. The summed E-state index contributed by atoms with van der Waals surface area (Å²) in [6.07, 6.45) is 2.68. The van der Waals surface area contributed by atoms with E-state index in [0.29, 0.717) is 23.8 Å². The lowest BCUT2D eigenvalue weighted by atomic mass is 9.61. The number of alkyl halides is 3. The van der Waals surface area contributed by atoms with Crippen molar-refractivity contribution < 1.29 is 31.8 Å². The normalized spacial score (nSPS) is 18.6. The van der Waals surface area contributed by atoms with Crippen molar-refractivity contribution >= 4 is 11.7 Å². The van der Waals surface area contributed by atoms with E-state index in [4.69, 9.17) is 9.47 Å². The van der Waals surface area contributed by atoms with Crippen LogP contribution in [0.4, 0.5) is 23.4 Å². The van der Waals surface area contributed by atoms with Gasteiger partial charge in [0, 0.05) is 61.9 Å². The van der Waals surface area contributed by atoms with Gasteiger partial charge in [0.2, 0.25) is 0 Å². The zero-order valence-electron chi connectivity index (χ0n) is 28.7. The second kappa shape index (κ2) is 13.7. The van der Waals surface area contributed by atoms with Gasteiger partial charge < -0.3 is 19.3 Å². The average molecular weight is 705 g/mol. The molecule has 4 aromatic rings. The van der Waals surface area contributed by atoms with E-state index in [1.165, 1.54) is 38.0 Å². The van der Waals surface area contributed by atoms with Crippen LogP contribution >= 0.6 is 0 Å². The fourth-order valence-corrected chi connectivity index (χ4v) is 7.58. The molecule has 7 rings (SSSR count). The van der Waals surface area contributed by atoms with Crippen molar-refractivity contribution in [3.8, 4) is 17.2 Å². The maximum absolute atomic E-state index is 14.3. The minimum absolute atomic E-state index is 0.0390. The highest BCUT2D eigenvalue weighted by atomic mass is 19.4. The highest BCUT2D eigenvalue weighted by molar-refractivity contribution is 5.97. The maximum atomic E-state index is 14.3. The summed E-state index contributed by atoms with van der Waals surface area (Å²) in [6.45, 7) is 6.86. The molecular formula is C38H40F4N6O3. The molecule has 13 heteroatoms. The number of hydrogen-bond acceptors (Lipinski definition) is 8. The van der Waals surface area contributed by atoms with Crippen LogP contribution in [0.5, 0.6) is 17.2 Å². The number of hydrogen-bond donors (Lipinski definition) is 0. The molecule has 1 atom stereocenters. The molecule has 2 fully saturated rings. The van der Waals surface area contributed by atoms with E-state index in [9.17, 15) is 22.4 Å². The van der Waals surface area contributed by atoms with E-state index in [-0.39, 0.29) is 34.6 Å². The Morgan fingerprint density at radius 2 is 1.80 bits per heavy atom. The Morgan fingerprint density at radius 3 is 2.53 bits per heavy atom. The largest absolute Gasteiger partial charge is 0.490 e. The second-order valence-electron chi connectivity index (χ2n) is 14.2. The molecule has 9 nitrogen and oxygen atoms in total. The topological polar surface area (TPSA) is 83.9 Å². The summed E-state index contributed by atoms with van der Waals surface area (Å²) in [4.78, 5) is 31.7. The predicted molar refractivity (Wildman–Crippen MR) is 182 cm³/mol. The van der Waals surface area contributed by atoms with Gasteiger partial charge in [-0.05, 0) is 63.4 Å².